The van der Waals surface area contributed by atoms with Gasteiger partial charge in [0.2, 0.25) is 0 Å². The molecule has 1 heteroatoms. The molecular formula is C58H39N. The summed E-state index contributed by atoms with van der Waals surface area (Å²) < 4.78 is 0. The van der Waals surface area contributed by atoms with Crippen molar-refractivity contribution in [1.29, 1.82) is 0 Å². The van der Waals surface area contributed by atoms with Gasteiger partial charge < -0.3 is 4.90 Å². The van der Waals surface area contributed by atoms with Crippen LogP contribution in [0.1, 0.15) is 0 Å². The summed E-state index contributed by atoms with van der Waals surface area (Å²) in [5.74, 6) is 0. The van der Waals surface area contributed by atoms with E-state index in [1.54, 1.807) is 0 Å². The van der Waals surface area contributed by atoms with Crippen LogP contribution in [0.15, 0.2) is 237 Å². The Morgan fingerprint density at radius 1 is 0.220 bits per heavy atom. The highest BCUT2D eigenvalue weighted by molar-refractivity contribution is 6.14. The van der Waals surface area contributed by atoms with Crippen LogP contribution < -0.4 is 4.90 Å². The number of fused-ring (bicyclic) bond motifs is 6. The summed E-state index contributed by atoms with van der Waals surface area (Å²) >= 11 is 0. The van der Waals surface area contributed by atoms with Crippen LogP contribution in [0.4, 0.5) is 17.1 Å². The summed E-state index contributed by atoms with van der Waals surface area (Å²) in [6, 6.07) is 86.3. The van der Waals surface area contributed by atoms with Gasteiger partial charge in [0.1, 0.15) is 0 Å². The fourth-order valence-electron chi connectivity index (χ4n) is 9.03. The van der Waals surface area contributed by atoms with Gasteiger partial charge in [-0.3, -0.25) is 0 Å². The Labute approximate surface area is 344 Å². The van der Waals surface area contributed by atoms with Crippen LogP contribution in [0.5, 0.6) is 0 Å². The standard InChI is InChI=1S/C58H39N/c1-4-16-40(17-5-1)56-38-49(39-57(41-18-6-2-7-19-41)58(56)46-32-35-52-45(36-46)29-28-42-20-10-12-24-50(42)52)59(47-22-8-3-9-23-47)48-33-30-43(31-34-48)55-37-44-21-11-13-25-51(44)53-26-14-15-27-54(53)55/h1-39H. The molecule has 0 aliphatic rings. The van der Waals surface area contributed by atoms with E-state index >= 15 is 0 Å². The Morgan fingerprint density at radius 2 is 0.661 bits per heavy atom. The third-order valence-electron chi connectivity index (χ3n) is 11.8. The van der Waals surface area contributed by atoms with Gasteiger partial charge >= 0.3 is 0 Å². The molecule has 0 atom stereocenters. The normalized spacial score (nSPS) is 11.4. The molecule has 0 bridgehead atoms. The average molecular weight is 750 g/mol. The highest BCUT2D eigenvalue weighted by Gasteiger charge is 2.21. The van der Waals surface area contributed by atoms with Gasteiger partial charge in [0.15, 0.2) is 0 Å². The first kappa shape index (κ1) is 34.5. The summed E-state index contributed by atoms with van der Waals surface area (Å²) in [6.45, 7) is 0. The molecule has 0 N–H and O–H groups in total. The van der Waals surface area contributed by atoms with Gasteiger partial charge in [-0.2, -0.15) is 0 Å². The second kappa shape index (κ2) is 14.6. The number of para-hydroxylation sites is 1. The third kappa shape index (κ3) is 6.21. The van der Waals surface area contributed by atoms with E-state index in [1.165, 1.54) is 87.6 Å². The van der Waals surface area contributed by atoms with Crippen LogP contribution in [-0.4, -0.2) is 0 Å². The van der Waals surface area contributed by atoms with Crippen molar-refractivity contribution in [2.45, 2.75) is 0 Å². The lowest BCUT2D eigenvalue weighted by Gasteiger charge is -2.28. The zero-order valence-electron chi connectivity index (χ0n) is 32.5. The smallest absolute Gasteiger partial charge is 0.0474 e. The van der Waals surface area contributed by atoms with Crippen molar-refractivity contribution in [3.63, 3.8) is 0 Å². The van der Waals surface area contributed by atoms with E-state index in [0.29, 0.717) is 0 Å². The Bertz CT molecular complexity index is 3240. The van der Waals surface area contributed by atoms with E-state index in [4.69, 9.17) is 0 Å². The molecule has 0 fully saturated rings. The molecule has 0 saturated carbocycles. The molecule has 11 aromatic carbocycles. The largest absolute Gasteiger partial charge is 0.310 e. The van der Waals surface area contributed by atoms with E-state index in [9.17, 15) is 0 Å². The number of rotatable bonds is 7. The molecule has 0 aromatic heterocycles. The molecule has 59 heavy (non-hydrogen) atoms. The number of hydrogen-bond acceptors (Lipinski definition) is 1. The second-order valence-corrected chi connectivity index (χ2v) is 15.3. The number of benzene rings is 11. The van der Waals surface area contributed by atoms with Crippen LogP contribution in [-0.2, 0) is 0 Å². The molecular weight excluding hydrogens is 711 g/mol. The predicted molar refractivity (Wildman–Crippen MR) is 253 cm³/mol. The lowest BCUT2D eigenvalue weighted by atomic mass is 9.85. The molecule has 276 valence electrons. The number of nitrogens with zero attached hydrogens (tertiary/aromatic N) is 1. The van der Waals surface area contributed by atoms with Crippen LogP contribution in [0.3, 0.4) is 0 Å². The van der Waals surface area contributed by atoms with Crippen LogP contribution in [0.25, 0.3) is 87.6 Å². The Balaban J connectivity index is 1.13. The molecule has 0 heterocycles. The molecule has 0 aliphatic carbocycles. The highest BCUT2D eigenvalue weighted by atomic mass is 15.1. The third-order valence-corrected chi connectivity index (χ3v) is 11.8. The molecule has 0 spiro atoms. The van der Waals surface area contributed by atoms with Crippen molar-refractivity contribution in [2.75, 3.05) is 4.90 Å². The monoisotopic (exact) mass is 749 g/mol. The zero-order valence-corrected chi connectivity index (χ0v) is 32.5. The summed E-state index contributed by atoms with van der Waals surface area (Å²) in [5.41, 5.74) is 12.8. The molecule has 0 amide bonds. The van der Waals surface area contributed by atoms with Crippen molar-refractivity contribution in [3.05, 3.63) is 237 Å². The fraction of sp³-hybridized carbons (Fsp3) is 0. The molecule has 11 aromatic rings. The Morgan fingerprint density at radius 3 is 1.32 bits per heavy atom. The molecule has 11 rings (SSSR count). The quantitative estimate of drug-likeness (QED) is 0.147. The first-order valence-corrected chi connectivity index (χ1v) is 20.3. The molecule has 0 unspecified atom stereocenters. The maximum absolute atomic E-state index is 2.40. The van der Waals surface area contributed by atoms with Gasteiger partial charge in [0.25, 0.3) is 0 Å². The van der Waals surface area contributed by atoms with Gasteiger partial charge in [-0.05, 0) is 136 Å². The molecule has 0 radical (unpaired) electrons. The number of anilines is 3. The molecule has 0 aliphatic heterocycles. The van der Waals surface area contributed by atoms with Gasteiger partial charge in [0, 0.05) is 17.1 Å². The number of hydrogen-bond donors (Lipinski definition) is 0. The maximum Gasteiger partial charge on any atom is 0.0474 e. The van der Waals surface area contributed by atoms with Crippen molar-refractivity contribution < 1.29 is 0 Å². The minimum Gasteiger partial charge on any atom is -0.310 e. The summed E-state index contributed by atoms with van der Waals surface area (Å²) in [5, 5.41) is 10.1. The van der Waals surface area contributed by atoms with Crippen LogP contribution in [0, 0.1) is 0 Å². The predicted octanol–water partition coefficient (Wildman–Crippen LogP) is 16.4. The van der Waals surface area contributed by atoms with E-state index in [-0.39, 0.29) is 0 Å². The minimum absolute atomic E-state index is 1.09. The topological polar surface area (TPSA) is 3.24 Å². The van der Waals surface area contributed by atoms with Gasteiger partial charge in [0.05, 0.1) is 0 Å². The summed E-state index contributed by atoms with van der Waals surface area (Å²) in [7, 11) is 0. The van der Waals surface area contributed by atoms with E-state index in [0.717, 1.165) is 17.1 Å². The van der Waals surface area contributed by atoms with Crippen LogP contribution in [0.2, 0.25) is 0 Å². The van der Waals surface area contributed by atoms with Gasteiger partial charge in [-0.1, -0.05) is 188 Å². The van der Waals surface area contributed by atoms with Crippen LogP contribution >= 0.6 is 0 Å². The average Bonchev–Trinajstić information content (AvgIpc) is 3.32. The second-order valence-electron chi connectivity index (χ2n) is 15.3. The van der Waals surface area contributed by atoms with E-state index in [1.807, 2.05) is 0 Å². The summed E-state index contributed by atoms with van der Waals surface area (Å²) in [4.78, 5) is 2.40. The van der Waals surface area contributed by atoms with Crippen molar-refractivity contribution in [3.8, 4) is 44.5 Å². The van der Waals surface area contributed by atoms with Crippen molar-refractivity contribution >= 4 is 60.2 Å². The first-order chi connectivity index (χ1) is 29.3. The minimum atomic E-state index is 1.09. The lowest BCUT2D eigenvalue weighted by molar-refractivity contribution is 1.28. The van der Waals surface area contributed by atoms with Crippen molar-refractivity contribution in [2.24, 2.45) is 0 Å². The summed E-state index contributed by atoms with van der Waals surface area (Å²) in [6.07, 6.45) is 0. The lowest BCUT2D eigenvalue weighted by Crippen LogP contribution is -2.10. The van der Waals surface area contributed by atoms with E-state index in [2.05, 4.69) is 241 Å². The highest BCUT2D eigenvalue weighted by Crippen LogP contribution is 2.47. The molecule has 1 nitrogen and oxygen atoms in total. The Hall–Kier alpha value is -7.74. The van der Waals surface area contributed by atoms with E-state index < -0.39 is 0 Å². The van der Waals surface area contributed by atoms with Crippen molar-refractivity contribution in [1.82, 2.24) is 0 Å². The Kier molecular flexibility index (Phi) is 8.56. The zero-order chi connectivity index (χ0) is 39.1. The SMILES string of the molecule is c1ccc(-c2cc(N(c3ccccc3)c3ccc(-c4cc5ccccc5c5ccccc45)cc3)cc(-c3ccccc3)c2-c2ccc3c(ccc4ccccc43)c2)cc1. The van der Waals surface area contributed by atoms with Gasteiger partial charge in [-0.25, -0.2) is 0 Å². The maximum atomic E-state index is 2.40. The molecule has 0 saturated heterocycles. The fourth-order valence-corrected chi connectivity index (χ4v) is 9.03. The first-order valence-electron chi connectivity index (χ1n) is 20.3. The van der Waals surface area contributed by atoms with Gasteiger partial charge in [-0.15, -0.1) is 0 Å².